The Morgan fingerprint density at radius 2 is 1.57 bits per heavy atom. The lowest BCUT2D eigenvalue weighted by Gasteiger charge is -2.12. The van der Waals surface area contributed by atoms with Gasteiger partial charge in [-0.2, -0.15) is 13.2 Å². The monoisotopic (exact) mass is 455 g/mol. The van der Waals surface area contributed by atoms with Crippen molar-refractivity contribution in [1.82, 2.24) is 10.6 Å². The zero-order valence-electron chi connectivity index (χ0n) is 14.0. The van der Waals surface area contributed by atoms with Crippen molar-refractivity contribution in [2.24, 2.45) is 10.9 Å². The topological polar surface area (TPSA) is 54.9 Å². The van der Waals surface area contributed by atoms with Crippen LogP contribution in [0.15, 0.2) is 4.99 Å². The van der Waals surface area contributed by atoms with E-state index in [9.17, 15) is 13.2 Å². The average molecular weight is 455 g/mol. The van der Waals surface area contributed by atoms with E-state index in [0.717, 1.165) is 19.6 Å². The number of rotatable bonds is 11. The first kappa shape index (κ1) is 25.0. The summed E-state index contributed by atoms with van der Waals surface area (Å²) >= 11 is 0. The molecule has 0 saturated heterocycles. The molecule has 0 aromatic heterocycles. The standard InChI is InChI=1S/C14H28F3N3O2.HI/c1-12(2)10-21-8-4-6-19-13(18-3)20-7-5-9-22-11-14(15,16)17;/h12H,4-11H2,1-3H3,(H2,18,19,20);1H. The van der Waals surface area contributed by atoms with E-state index in [1.165, 1.54) is 0 Å². The molecule has 0 amide bonds. The van der Waals surface area contributed by atoms with Crippen molar-refractivity contribution in [3.63, 3.8) is 0 Å². The van der Waals surface area contributed by atoms with Crippen LogP contribution in [0.2, 0.25) is 0 Å². The van der Waals surface area contributed by atoms with E-state index in [1.807, 2.05) is 0 Å². The summed E-state index contributed by atoms with van der Waals surface area (Å²) in [6, 6.07) is 0. The number of hydrogen-bond donors (Lipinski definition) is 2. The third kappa shape index (κ3) is 19.7. The van der Waals surface area contributed by atoms with Crippen molar-refractivity contribution >= 4 is 29.9 Å². The van der Waals surface area contributed by atoms with Gasteiger partial charge in [-0.1, -0.05) is 13.8 Å². The molecule has 23 heavy (non-hydrogen) atoms. The van der Waals surface area contributed by atoms with Crippen LogP contribution in [-0.2, 0) is 9.47 Å². The number of halogens is 4. The third-order valence-corrected chi connectivity index (χ3v) is 2.46. The predicted molar refractivity (Wildman–Crippen MR) is 96.5 cm³/mol. The van der Waals surface area contributed by atoms with Gasteiger partial charge in [0, 0.05) is 40.0 Å². The lowest BCUT2D eigenvalue weighted by Crippen LogP contribution is -2.38. The second-order valence-corrected chi connectivity index (χ2v) is 5.27. The summed E-state index contributed by atoms with van der Waals surface area (Å²) in [7, 11) is 1.64. The molecule has 9 heteroatoms. The van der Waals surface area contributed by atoms with Crippen molar-refractivity contribution in [3.8, 4) is 0 Å². The number of alkyl halides is 3. The Kier molecular flexibility index (Phi) is 16.5. The molecule has 0 radical (unpaired) electrons. The summed E-state index contributed by atoms with van der Waals surface area (Å²) < 4.78 is 45.5. The Hall–Kier alpha value is -0.290. The third-order valence-electron chi connectivity index (χ3n) is 2.46. The van der Waals surface area contributed by atoms with Crippen molar-refractivity contribution in [3.05, 3.63) is 0 Å². The minimum Gasteiger partial charge on any atom is -0.381 e. The van der Waals surface area contributed by atoms with Gasteiger partial charge in [-0.15, -0.1) is 24.0 Å². The lowest BCUT2D eigenvalue weighted by molar-refractivity contribution is -0.173. The summed E-state index contributed by atoms with van der Waals surface area (Å²) in [6.45, 7) is 5.73. The highest BCUT2D eigenvalue weighted by atomic mass is 127. The fraction of sp³-hybridized carbons (Fsp3) is 0.929. The Morgan fingerprint density at radius 1 is 1.04 bits per heavy atom. The van der Waals surface area contributed by atoms with Gasteiger partial charge < -0.3 is 20.1 Å². The Morgan fingerprint density at radius 3 is 2.00 bits per heavy atom. The van der Waals surface area contributed by atoms with Crippen molar-refractivity contribution in [2.75, 3.05) is 46.6 Å². The maximum atomic E-state index is 11.8. The summed E-state index contributed by atoms with van der Waals surface area (Å²) in [5.41, 5.74) is 0. The average Bonchev–Trinajstić information content (AvgIpc) is 2.42. The molecule has 0 aromatic rings. The van der Waals surface area contributed by atoms with Crippen LogP contribution in [0, 0.1) is 5.92 Å². The first-order valence-electron chi connectivity index (χ1n) is 7.52. The van der Waals surface area contributed by atoms with Gasteiger partial charge in [0.2, 0.25) is 0 Å². The zero-order valence-corrected chi connectivity index (χ0v) is 16.4. The van der Waals surface area contributed by atoms with E-state index in [4.69, 9.17) is 4.74 Å². The largest absolute Gasteiger partial charge is 0.411 e. The number of nitrogens with one attached hydrogen (secondary N) is 2. The van der Waals surface area contributed by atoms with Gasteiger partial charge >= 0.3 is 6.18 Å². The first-order valence-corrected chi connectivity index (χ1v) is 7.52. The van der Waals surface area contributed by atoms with E-state index in [2.05, 4.69) is 34.2 Å². The zero-order chi connectivity index (χ0) is 16.8. The second kappa shape index (κ2) is 15.3. The molecule has 0 heterocycles. The van der Waals surface area contributed by atoms with E-state index >= 15 is 0 Å². The molecule has 140 valence electrons. The van der Waals surface area contributed by atoms with E-state index in [0.29, 0.717) is 31.4 Å². The molecule has 0 aliphatic rings. The van der Waals surface area contributed by atoms with Gasteiger partial charge in [0.15, 0.2) is 5.96 Å². The van der Waals surface area contributed by atoms with Crippen LogP contribution in [0.3, 0.4) is 0 Å². The minimum absolute atomic E-state index is 0. The minimum atomic E-state index is -4.26. The van der Waals surface area contributed by atoms with Crippen LogP contribution in [0.4, 0.5) is 13.2 Å². The van der Waals surface area contributed by atoms with Crippen LogP contribution in [-0.4, -0.2) is 58.7 Å². The molecule has 0 fully saturated rings. The van der Waals surface area contributed by atoms with E-state index < -0.39 is 12.8 Å². The van der Waals surface area contributed by atoms with Gasteiger partial charge in [-0.3, -0.25) is 4.99 Å². The van der Waals surface area contributed by atoms with Crippen LogP contribution >= 0.6 is 24.0 Å². The molecule has 0 aliphatic carbocycles. The predicted octanol–water partition coefficient (Wildman–Crippen LogP) is 2.80. The molecule has 0 rings (SSSR count). The Balaban J connectivity index is 0. The van der Waals surface area contributed by atoms with Crippen LogP contribution < -0.4 is 10.6 Å². The molecule has 0 unspecified atom stereocenters. The van der Waals surface area contributed by atoms with Gasteiger partial charge in [0.05, 0.1) is 0 Å². The van der Waals surface area contributed by atoms with Gasteiger partial charge in [-0.25, -0.2) is 0 Å². The van der Waals surface area contributed by atoms with Gasteiger partial charge in [0.25, 0.3) is 0 Å². The summed E-state index contributed by atoms with van der Waals surface area (Å²) in [6.07, 6.45) is -2.92. The number of ether oxygens (including phenoxy) is 2. The summed E-state index contributed by atoms with van der Waals surface area (Å²) in [5, 5.41) is 6.12. The maximum Gasteiger partial charge on any atom is 0.411 e. The highest BCUT2D eigenvalue weighted by molar-refractivity contribution is 14.0. The van der Waals surface area contributed by atoms with Crippen molar-refractivity contribution in [2.45, 2.75) is 32.9 Å². The van der Waals surface area contributed by atoms with E-state index in [1.54, 1.807) is 7.05 Å². The number of nitrogens with zero attached hydrogens (tertiary/aromatic N) is 1. The fourth-order valence-corrected chi connectivity index (χ4v) is 1.49. The highest BCUT2D eigenvalue weighted by Crippen LogP contribution is 2.14. The maximum absolute atomic E-state index is 11.8. The molecular formula is C14H29F3IN3O2. The van der Waals surface area contributed by atoms with E-state index in [-0.39, 0.29) is 30.6 Å². The molecule has 2 N–H and O–H groups in total. The van der Waals surface area contributed by atoms with Gasteiger partial charge in [0.1, 0.15) is 6.61 Å². The van der Waals surface area contributed by atoms with Gasteiger partial charge in [-0.05, 0) is 18.8 Å². The van der Waals surface area contributed by atoms with Crippen LogP contribution in [0.25, 0.3) is 0 Å². The molecule has 0 aliphatic heterocycles. The van der Waals surface area contributed by atoms with Crippen molar-refractivity contribution in [1.29, 1.82) is 0 Å². The first-order chi connectivity index (χ1) is 10.3. The van der Waals surface area contributed by atoms with Crippen LogP contribution in [0.5, 0.6) is 0 Å². The Labute approximate surface area is 153 Å². The number of guanidine groups is 1. The second-order valence-electron chi connectivity index (χ2n) is 5.27. The molecule has 5 nitrogen and oxygen atoms in total. The molecule has 0 bridgehead atoms. The fourth-order valence-electron chi connectivity index (χ4n) is 1.49. The normalized spacial score (nSPS) is 12.2. The smallest absolute Gasteiger partial charge is 0.381 e. The lowest BCUT2D eigenvalue weighted by atomic mass is 10.2. The summed E-state index contributed by atoms with van der Waals surface area (Å²) in [5.74, 6) is 1.15. The van der Waals surface area contributed by atoms with Crippen molar-refractivity contribution < 1.29 is 22.6 Å². The quantitative estimate of drug-likeness (QED) is 0.218. The highest BCUT2D eigenvalue weighted by Gasteiger charge is 2.27. The number of hydrogen-bond acceptors (Lipinski definition) is 3. The summed E-state index contributed by atoms with van der Waals surface area (Å²) in [4.78, 5) is 4.02. The number of aliphatic imine (C=N–C) groups is 1. The molecule has 0 saturated carbocycles. The Bertz CT molecular complexity index is 303. The molecule has 0 atom stereocenters. The SMILES string of the molecule is CN=C(NCCCOCC(C)C)NCCCOCC(F)(F)F.I. The molecule has 0 aromatic carbocycles. The molecular weight excluding hydrogens is 426 g/mol. The van der Waals surface area contributed by atoms with Crippen LogP contribution in [0.1, 0.15) is 26.7 Å². The molecule has 0 spiro atoms.